The third kappa shape index (κ3) is 3.98. The SMILES string of the molecule is COc1ccc(NC(=O)C2=NOC3(CCCN(C(=O)c4ccccc4F)C3)C2)cc1. The minimum absolute atomic E-state index is 0.0333. The van der Waals surface area contributed by atoms with Gasteiger partial charge in [0.1, 0.15) is 17.3 Å². The van der Waals surface area contributed by atoms with Gasteiger partial charge in [-0.15, -0.1) is 0 Å². The second kappa shape index (κ2) is 8.14. The summed E-state index contributed by atoms with van der Waals surface area (Å²) >= 11 is 0. The van der Waals surface area contributed by atoms with E-state index in [1.54, 1.807) is 48.4 Å². The van der Waals surface area contributed by atoms with Crippen LogP contribution in [0.2, 0.25) is 0 Å². The fraction of sp³-hybridized carbons (Fsp3) is 0.318. The van der Waals surface area contributed by atoms with Gasteiger partial charge in [-0.1, -0.05) is 17.3 Å². The number of carbonyl (C=O) groups excluding carboxylic acids is 2. The van der Waals surface area contributed by atoms with E-state index in [2.05, 4.69) is 10.5 Å². The molecule has 1 unspecified atom stereocenters. The Morgan fingerprint density at radius 3 is 2.70 bits per heavy atom. The highest BCUT2D eigenvalue weighted by Crippen LogP contribution is 2.34. The van der Waals surface area contributed by atoms with E-state index in [4.69, 9.17) is 9.57 Å². The van der Waals surface area contributed by atoms with Crippen LogP contribution in [0.3, 0.4) is 0 Å². The number of oxime groups is 1. The van der Waals surface area contributed by atoms with Crippen molar-refractivity contribution in [1.82, 2.24) is 4.90 Å². The summed E-state index contributed by atoms with van der Waals surface area (Å²) in [4.78, 5) is 32.6. The van der Waals surface area contributed by atoms with Crippen LogP contribution in [0.5, 0.6) is 5.75 Å². The Bertz CT molecular complexity index is 992. The number of anilines is 1. The van der Waals surface area contributed by atoms with Crippen LogP contribution in [-0.4, -0.2) is 48.2 Å². The van der Waals surface area contributed by atoms with Gasteiger partial charge in [0.2, 0.25) is 0 Å². The highest BCUT2D eigenvalue weighted by molar-refractivity contribution is 6.43. The number of amides is 2. The molecule has 1 fully saturated rings. The van der Waals surface area contributed by atoms with Crippen LogP contribution in [0, 0.1) is 5.82 Å². The maximum Gasteiger partial charge on any atom is 0.273 e. The van der Waals surface area contributed by atoms with Crippen molar-refractivity contribution >= 4 is 23.2 Å². The second-order valence-corrected chi connectivity index (χ2v) is 7.48. The van der Waals surface area contributed by atoms with Gasteiger partial charge in [0.25, 0.3) is 11.8 Å². The van der Waals surface area contributed by atoms with Crippen LogP contribution in [-0.2, 0) is 9.63 Å². The monoisotopic (exact) mass is 411 g/mol. The Balaban J connectivity index is 1.40. The second-order valence-electron chi connectivity index (χ2n) is 7.48. The quantitative estimate of drug-likeness (QED) is 0.838. The third-order valence-electron chi connectivity index (χ3n) is 5.38. The van der Waals surface area contributed by atoms with Gasteiger partial charge in [0.15, 0.2) is 5.60 Å². The number of nitrogens with one attached hydrogen (secondary N) is 1. The predicted molar refractivity (Wildman–Crippen MR) is 109 cm³/mol. The maximum atomic E-state index is 14.0. The van der Waals surface area contributed by atoms with Crippen LogP contribution < -0.4 is 10.1 Å². The first-order chi connectivity index (χ1) is 14.5. The Morgan fingerprint density at radius 2 is 1.97 bits per heavy atom. The zero-order valence-corrected chi connectivity index (χ0v) is 16.6. The summed E-state index contributed by atoms with van der Waals surface area (Å²) in [6.45, 7) is 0.759. The molecule has 2 amide bonds. The van der Waals surface area contributed by atoms with Gasteiger partial charge < -0.3 is 19.8 Å². The van der Waals surface area contributed by atoms with E-state index in [1.165, 1.54) is 12.1 Å². The number of piperidine rings is 1. The summed E-state index contributed by atoms with van der Waals surface area (Å²) in [6, 6.07) is 12.9. The fourth-order valence-corrected chi connectivity index (χ4v) is 3.82. The Kier molecular flexibility index (Phi) is 5.39. The molecule has 7 nitrogen and oxygen atoms in total. The number of carbonyl (C=O) groups is 2. The van der Waals surface area contributed by atoms with Crippen molar-refractivity contribution in [3.05, 3.63) is 59.9 Å². The van der Waals surface area contributed by atoms with Crippen molar-refractivity contribution in [2.45, 2.75) is 24.9 Å². The van der Waals surface area contributed by atoms with E-state index in [-0.39, 0.29) is 36.1 Å². The third-order valence-corrected chi connectivity index (χ3v) is 5.38. The minimum Gasteiger partial charge on any atom is -0.497 e. The van der Waals surface area contributed by atoms with Crippen molar-refractivity contribution in [3.8, 4) is 5.75 Å². The number of rotatable bonds is 4. The molecule has 0 saturated carbocycles. The standard InChI is InChI=1S/C22H22FN3O4/c1-29-16-9-7-15(8-10-16)24-20(27)19-13-22(30-25-19)11-4-12-26(14-22)21(28)17-5-2-3-6-18(17)23/h2-3,5-10H,4,11-14H2,1H3,(H,24,27). The molecule has 0 aliphatic carbocycles. The normalized spacial score (nSPS) is 20.5. The molecule has 1 N–H and O–H groups in total. The Morgan fingerprint density at radius 1 is 1.20 bits per heavy atom. The van der Waals surface area contributed by atoms with Gasteiger partial charge >= 0.3 is 0 Å². The molecule has 8 heteroatoms. The van der Waals surface area contributed by atoms with Crippen molar-refractivity contribution in [1.29, 1.82) is 0 Å². The van der Waals surface area contributed by atoms with Gasteiger partial charge in [0, 0.05) is 18.7 Å². The molecule has 2 aromatic carbocycles. The number of hydrogen-bond acceptors (Lipinski definition) is 5. The van der Waals surface area contributed by atoms with E-state index in [9.17, 15) is 14.0 Å². The van der Waals surface area contributed by atoms with Crippen molar-refractivity contribution in [2.24, 2.45) is 5.16 Å². The molecule has 4 rings (SSSR count). The lowest BCUT2D eigenvalue weighted by atomic mass is 9.87. The van der Waals surface area contributed by atoms with Crippen LogP contribution >= 0.6 is 0 Å². The molecule has 2 aliphatic heterocycles. The number of methoxy groups -OCH3 is 1. The first-order valence-electron chi connectivity index (χ1n) is 9.74. The highest BCUT2D eigenvalue weighted by Gasteiger charge is 2.45. The highest BCUT2D eigenvalue weighted by atomic mass is 19.1. The number of halogens is 1. The lowest BCUT2D eigenvalue weighted by Crippen LogP contribution is -2.51. The van der Waals surface area contributed by atoms with Crippen LogP contribution in [0.4, 0.5) is 10.1 Å². The zero-order valence-electron chi connectivity index (χ0n) is 16.6. The topological polar surface area (TPSA) is 80.2 Å². The van der Waals surface area contributed by atoms with Gasteiger partial charge in [-0.05, 0) is 49.2 Å². The molecule has 1 spiro atoms. The number of nitrogens with zero attached hydrogens (tertiary/aromatic N) is 2. The van der Waals surface area contributed by atoms with Gasteiger partial charge in [-0.2, -0.15) is 0 Å². The molecule has 30 heavy (non-hydrogen) atoms. The molecule has 0 aromatic heterocycles. The molecule has 0 bridgehead atoms. The summed E-state index contributed by atoms with van der Waals surface area (Å²) in [5.74, 6) is -0.595. The average molecular weight is 411 g/mol. The maximum absolute atomic E-state index is 14.0. The predicted octanol–water partition coefficient (Wildman–Crippen LogP) is 3.22. The molecule has 1 saturated heterocycles. The average Bonchev–Trinajstić information content (AvgIpc) is 3.17. The number of likely N-dealkylation sites (tertiary alicyclic amines) is 1. The Labute approximate surface area is 173 Å². The number of hydrogen-bond donors (Lipinski definition) is 1. The molecular weight excluding hydrogens is 389 g/mol. The molecule has 2 heterocycles. The zero-order chi connectivity index (χ0) is 21.1. The molecule has 1 atom stereocenters. The molecule has 156 valence electrons. The van der Waals surface area contributed by atoms with Crippen LogP contribution in [0.25, 0.3) is 0 Å². The Hall–Kier alpha value is -3.42. The van der Waals surface area contributed by atoms with Crippen molar-refractivity contribution < 1.29 is 23.6 Å². The minimum atomic E-state index is -0.758. The lowest BCUT2D eigenvalue weighted by Gasteiger charge is -2.38. The molecule has 0 radical (unpaired) electrons. The largest absolute Gasteiger partial charge is 0.497 e. The van der Waals surface area contributed by atoms with E-state index in [0.29, 0.717) is 30.8 Å². The van der Waals surface area contributed by atoms with E-state index in [1.807, 2.05) is 0 Å². The molecule has 2 aliphatic rings. The van der Waals surface area contributed by atoms with Gasteiger partial charge in [0.05, 0.1) is 19.2 Å². The van der Waals surface area contributed by atoms with Crippen molar-refractivity contribution in [2.75, 3.05) is 25.5 Å². The lowest BCUT2D eigenvalue weighted by molar-refractivity contribution is -0.110. The van der Waals surface area contributed by atoms with Crippen LogP contribution in [0.15, 0.2) is 53.7 Å². The first-order valence-corrected chi connectivity index (χ1v) is 9.74. The van der Waals surface area contributed by atoms with E-state index in [0.717, 1.165) is 0 Å². The summed E-state index contributed by atoms with van der Waals surface area (Å²) in [7, 11) is 1.57. The van der Waals surface area contributed by atoms with Crippen molar-refractivity contribution in [3.63, 3.8) is 0 Å². The number of ether oxygens (including phenoxy) is 1. The summed E-state index contributed by atoms with van der Waals surface area (Å²) in [5, 5.41) is 6.78. The first kappa shape index (κ1) is 19.9. The summed E-state index contributed by atoms with van der Waals surface area (Å²) in [5.41, 5.74) is 0.160. The molecule has 2 aromatic rings. The van der Waals surface area contributed by atoms with E-state index < -0.39 is 11.4 Å². The fourth-order valence-electron chi connectivity index (χ4n) is 3.82. The summed E-state index contributed by atoms with van der Waals surface area (Å²) < 4.78 is 19.1. The smallest absolute Gasteiger partial charge is 0.273 e. The summed E-state index contributed by atoms with van der Waals surface area (Å²) in [6.07, 6.45) is 1.63. The number of benzene rings is 2. The van der Waals surface area contributed by atoms with Crippen LogP contribution in [0.1, 0.15) is 29.6 Å². The van der Waals surface area contributed by atoms with Gasteiger partial charge in [-0.25, -0.2) is 4.39 Å². The molecular formula is C22H22FN3O4. The van der Waals surface area contributed by atoms with E-state index >= 15 is 0 Å². The van der Waals surface area contributed by atoms with Gasteiger partial charge in [-0.3, -0.25) is 9.59 Å².